The van der Waals surface area contributed by atoms with E-state index in [9.17, 15) is 9.59 Å². The predicted molar refractivity (Wildman–Crippen MR) is 196 cm³/mol. The van der Waals surface area contributed by atoms with Crippen LogP contribution in [0.4, 0.5) is 5.69 Å². The van der Waals surface area contributed by atoms with Crippen molar-refractivity contribution in [2.24, 2.45) is 34.1 Å². The van der Waals surface area contributed by atoms with Gasteiger partial charge in [-0.25, -0.2) is 9.98 Å². The Labute approximate surface area is 294 Å². The SMILES string of the molecule is CC1C2C[C@H](C[C@@H]1N=C(Nc1ccc3c(=O)n(CCc4ccc(Cl)cc4)c(C4CN5CCC4CC5)nc3c1)N1CC(=O)N[C@@H](C)C1)C2(C)C. The van der Waals surface area contributed by atoms with E-state index in [1.54, 1.807) is 0 Å². The fourth-order valence-corrected chi connectivity index (χ4v) is 9.96. The molecule has 1 amide bonds. The van der Waals surface area contributed by atoms with Gasteiger partial charge in [-0.05, 0) is 117 Å². The first-order valence-electron chi connectivity index (χ1n) is 18.4. The molecule has 10 rings (SSSR count). The summed E-state index contributed by atoms with van der Waals surface area (Å²) >= 11 is 6.15. The van der Waals surface area contributed by atoms with Crippen molar-refractivity contribution in [1.29, 1.82) is 0 Å². The molecule has 7 aliphatic rings. The molecule has 1 aromatic heterocycles. The summed E-state index contributed by atoms with van der Waals surface area (Å²) in [5.41, 5.74) is 3.09. The fourth-order valence-electron chi connectivity index (χ4n) is 9.83. The highest BCUT2D eigenvalue weighted by Gasteiger charge is 2.56. The number of nitrogens with zero attached hydrogens (tertiary/aromatic N) is 5. The number of fused-ring (bicyclic) bond motifs is 6. The predicted octanol–water partition coefficient (Wildman–Crippen LogP) is 5.76. The monoisotopic (exact) mass is 683 g/mol. The molecule has 10 heteroatoms. The van der Waals surface area contributed by atoms with E-state index in [0.29, 0.717) is 58.1 Å². The van der Waals surface area contributed by atoms with Gasteiger partial charge in [-0.1, -0.05) is 44.5 Å². The Hall–Kier alpha value is -3.43. The highest BCUT2D eigenvalue weighted by atomic mass is 35.5. The molecule has 3 aliphatic carbocycles. The van der Waals surface area contributed by atoms with E-state index in [4.69, 9.17) is 21.6 Å². The van der Waals surface area contributed by atoms with Crippen LogP contribution in [0.15, 0.2) is 52.3 Å². The van der Waals surface area contributed by atoms with Gasteiger partial charge in [-0.2, -0.15) is 0 Å². The number of carbonyl (C=O) groups excluding carboxylic acids is 1. The van der Waals surface area contributed by atoms with Gasteiger partial charge in [0.05, 0.1) is 23.5 Å². The number of piperazine rings is 1. The number of hydrogen-bond acceptors (Lipinski definition) is 5. The molecule has 2 aromatic carbocycles. The van der Waals surface area contributed by atoms with Crippen LogP contribution >= 0.6 is 11.6 Å². The van der Waals surface area contributed by atoms with Crippen molar-refractivity contribution < 1.29 is 4.79 Å². The first-order valence-corrected chi connectivity index (χ1v) is 18.8. The molecule has 9 nitrogen and oxygen atoms in total. The topological polar surface area (TPSA) is 94.9 Å². The van der Waals surface area contributed by atoms with Crippen LogP contribution in [0.1, 0.15) is 70.7 Å². The van der Waals surface area contributed by atoms with Gasteiger partial charge in [0, 0.05) is 42.3 Å². The summed E-state index contributed by atoms with van der Waals surface area (Å²) in [4.78, 5) is 42.3. The van der Waals surface area contributed by atoms with Gasteiger partial charge in [0.1, 0.15) is 5.82 Å². The molecule has 3 unspecified atom stereocenters. The summed E-state index contributed by atoms with van der Waals surface area (Å²) in [6.07, 6.45) is 5.40. The molecule has 3 saturated carbocycles. The second-order valence-corrected chi connectivity index (χ2v) is 16.7. The van der Waals surface area contributed by atoms with Gasteiger partial charge in [-0.15, -0.1) is 0 Å². The number of hydrogen-bond donors (Lipinski definition) is 2. The first kappa shape index (κ1) is 32.8. The van der Waals surface area contributed by atoms with Crippen molar-refractivity contribution in [3.8, 4) is 0 Å². The molecule has 4 aliphatic heterocycles. The highest BCUT2D eigenvalue weighted by molar-refractivity contribution is 6.30. The summed E-state index contributed by atoms with van der Waals surface area (Å²) < 4.78 is 1.95. The number of piperidine rings is 3. The maximum atomic E-state index is 14.3. The molecule has 49 heavy (non-hydrogen) atoms. The molecule has 6 atom stereocenters. The lowest BCUT2D eigenvalue weighted by Gasteiger charge is -2.61. The van der Waals surface area contributed by atoms with Crippen molar-refractivity contribution in [3.63, 3.8) is 0 Å². The van der Waals surface area contributed by atoms with E-state index >= 15 is 0 Å². The van der Waals surface area contributed by atoms with Gasteiger partial charge in [-0.3, -0.25) is 14.2 Å². The van der Waals surface area contributed by atoms with Gasteiger partial charge in [0.15, 0.2) is 5.96 Å². The lowest BCUT2D eigenvalue weighted by atomic mass is 9.45. The summed E-state index contributed by atoms with van der Waals surface area (Å²) in [7, 11) is 0. The van der Waals surface area contributed by atoms with Crippen molar-refractivity contribution in [2.75, 3.05) is 38.0 Å². The zero-order valence-electron chi connectivity index (χ0n) is 29.3. The van der Waals surface area contributed by atoms with Gasteiger partial charge in [0.25, 0.3) is 5.56 Å². The van der Waals surface area contributed by atoms with Crippen LogP contribution in [0.5, 0.6) is 0 Å². The Balaban J connectivity index is 1.14. The van der Waals surface area contributed by atoms with E-state index < -0.39 is 0 Å². The number of benzene rings is 2. The third kappa shape index (κ3) is 6.15. The Morgan fingerprint density at radius 1 is 1.06 bits per heavy atom. The second-order valence-electron chi connectivity index (χ2n) is 16.2. The number of rotatable bonds is 6. The number of aryl methyl sites for hydroxylation is 1. The van der Waals surface area contributed by atoms with Crippen LogP contribution in [0.25, 0.3) is 10.9 Å². The van der Waals surface area contributed by atoms with E-state index in [1.807, 2.05) is 54.0 Å². The minimum absolute atomic E-state index is 0.00964. The Morgan fingerprint density at radius 3 is 2.51 bits per heavy atom. The first-order chi connectivity index (χ1) is 23.5. The van der Waals surface area contributed by atoms with Crippen molar-refractivity contribution in [2.45, 2.75) is 84.3 Å². The molecule has 5 heterocycles. The number of guanidine groups is 1. The molecular formula is C39H50ClN7O2. The van der Waals surface area contributed by atoms with Gasteiger partial charge < -0.3 is 20.4 Å². The maximum Gasteiger partial charge on any atom is 0.261 e. The fraction of sp³-hybridized carbons (Fsp3) is 0.590. The van der Waals surface area contributed by atoms with Crippen molar-refractivity contribution >= 4 is 40.1 Å². The Bertz CT molecular complexity index is 1830. The average molecular weight is 684 g/mol. The summed E-state index contributed by atoms with van der Waals surface area (Å²) in [6.45, 7) is 14.0. The van der Waals surface area contributed by atoms with Gasteiger partial charge >= 0.3 is 0 Å². The van der Waals surface area contributed by atoms with Crippen molar-refractivity contribution in [1.82, 2.24) is 24.7 Å². The number of aliphatic imine (C=N–C) groups is 1. The van der Waals surface area contributed by atoms with E-state index in [-0.39, 0.29) is 36.0 Å². The molecular weight excluding hydrogens is 634 g/mol. The van der Waals surface area contributed by atoms with E-state index in [2.05, 4.69) is 41.2 Å². The van der Waals surface area contributed by atoms with Crippen LogP contribution in [-0.2, 0) is 17.8 Å². The number of aromatic nitrogens is 2. The molecule has 2 N–H and O–H groups in total. The van der Waals surface area contributed by atoms with Crippen LogP contribution in [0.2, 0.25) is 5.02 Å². The summed E-state index contributed by atoms with van der Waals surface area (Å²) in [5.74, 6) is 4.26. The third-order valence-corrected chi connectivity index (χ3v) is 13.2. The Kier molecular flexibility index (Phi) is 8.50. The summed E-state index contributed by atoms with van der Waals surface area (Å²) in [5, 5.41) is 8.03. The lowest BCUT2D eigenvalue weighted by molar-refractivity contribution is -0.124. The molecule has 4 bridgehead atoms. The molecule has 0 radical (unpaired) electrons. The average Bonchev–Trinajstić information content (AvgIpc) is 3.08. The van der Waals surface area contributed by atoms with Crippen LogP contribution in [0, 0.1) is 29.1 Å². The standard InChI is InChI=1S/C39H50ClN7O2/c1-23-20-46(22-35(48)41-23)38(44-33-18-27-17-32(24(33)2)39(27,3)4)42-29-9-10-30-34(19-29)43-36(31-21-45-14-12-26(31)13-15-45)47(37(30)49)16-11-25-5-7-28(40)8-6-25/h5-10,19,23-24,26-27,31-33H,11-18,20-22H2,1-4H3,(H,41,48)(H,42,44)/t23-,24?,27+,31?,32?,33-/m0/s1. The largest absolute Gasteiger partial charge is 0.350 e. The molecule has 0 spiro atoms. The zero-order chi connectivity index (χ0) is 34.0. The molecule has 260 valence electrons. The van der Waals surface area contributed by atoms with E-state index in [0.717, 1.165) is 68.4 Å². The smallest absolute Gasteiger partial charge is 0.261 e. The molecule has 3 aromatic rings. The normalized spacial score (nSPS) is 32.1. The summed E-state index contributed by atoms with van der Waals surface area (Å²) in [6, 6.07) is 14.0. The quantitative estimate of drug-likeness (QED) is 0.254. The number of nitrogens with one attached hydrogen (secondary N) is 2. The number of anilines is 1. The molecule has 7 fully saturated rings. The minimum atomic E-state index is 0.00964. The van der Waals surface area contributed by atoms with Crippen LogP contribution in [0.3, 0.4) is 0 Å². The Morgan fingerprint density at radius 2 is 1.84 bits per heavy atom. The zero-order valence-corrected chi connectivity index (χ0v) is 30.0. The number of carbonyl (C=O) groups is 1. The van der Waals surface area contributed by atoms with E-state index in [1.165, 1.54) is 6.42 Å². The third-order valence-electron chi connectivity index (χ3n) is 12.9. The maximum absolute atomic E-state index is 14.3. The van der Waals surface area contributed by atoms with Crippen LogP contribution < -0.4 is 16.2 Å². The molecule has 4 saturated heterocycles. The number of amides is 1. The second kappa shape index (κ2) is 12.7. The highest BCUT2D eigenvalue weighted by Crippen LogP contribution is 2.61. The van der Waals surface area contributed by atoms with Crippen LogP contribution in [-0.4, -0.2) is 76.0 Å². The lowest BCUT2D eigenvalue weighted by Crippen LogP contribution is -2.58. The minimum Gasteiger partial charge on any atom is -0.350 e. The number of halogens is 1. The van der Waals surface area contributed by atoms with Gasteiger partial charge in [0.2, 0.25) is 5.91 Å². The van der Waals surface area contributed by atoms with Crippen molar-refractivity contribution in [3.05, 3.63) is 69.2 Å².